The van der Waals surface area contributed by atoms with Crippen molar-refractivity contribution < 1.29 is 0 Å². The highest BCUT2D eigenvalue weighted by Gasteiger charge is 2.13. The topological polar surface area (TPSA) is 6.48 Å². The molecule has 2 aromatic rings. The van der Waals surface area contributed by atoms with Gasteiger partial charge in [0.05, 0.1) is 6.67 Å². The van der Waals surface area contributed by atoms with Gasteiger partial charge in [-0.2, -0.15) is 0 Å². The summed E-state index contributed by atoms with van der Waals surface area (Å²) in [6, 6.07) is 16.9. The van der Waals surface area contributed by atoms with Crippen LogP contribution >= 0.6 is 31.9 Å². The number of nitrogens with zero attached hydrogens (tertiary/aromatic N) is 2. The van der Waals surface area contributed by atoms with E-state index in [4.69, 9.17) is 0 Å². The van der Waals surface area contributed by atoms with E-state index in [1.54, 1.807) is 0 Å². The van der Waals surface area contributed by atoms with Gasteiger partial charge in [0.25, 0.3) is 0 Å². The highest BCUT2D eigenvalue weighted by molar-refractivity contribution is 9.10. The predicted octanol–water partition coefficient (Wildman–Crippen LogP) is 4.96. The Morgan fingerprint density at radius 1 is 0.762 bits per heavy atom. The van der Waals surface area contributed by atoms with E-state index in [2.05, 4.69) is 103 Å². The van der Waals surface area contributed by atoms with Gasteiger partial charge in [0.2, 0.25) is 0 Å². The van der Waals surface area contributed by atoms with E-state index in [9.17, 15) is 0 Å². The molecule has 1 aliphatic heterocycles. The fourth-order valence-corrected chi connectivity index (χ4v) is 3.35. The van der Waals surface area contributed by atoms with Gasteiger partial charge in [-0.05, 0) is 35.4 Å². The van der Waals surface area contributed by atoms with E-state index in [1.165, 1.54) is 11.1 Å². The zero-order chi connectivity index (χ0) is 14.7. The largest absolute Gasteiger partial charge is 0.354 e. The molecular formula is C17H16Br2N2. The van der Waals surface area contributed by atoms with Gasteiger partial charge in [-0.25, -0.2) is 0 Å². The molecule has 0 spiro atoms. The summed E-state index contributed by atoms with van der Waals surface area (Å²) < 4.78 is 2.27. The van der Waals surface area contributed by atoms with Crippen LogP contribution < -0.4 is 0 Å². The number of hydrogen-bond donors (Lipinski definition) is 0. The summed E-state index contributed by atoms with van der Waals surface area (Å²) in [6.07, 6.45) is 4.33. The minimum atomic E-state index is 0.930. The molecule has 0 aliphatic carbocycles. The first-order valence-corrected chi connectivity index (χ1v) is 8.43. The van der Waals surface area contributed by atoms with Crippen molar-refractivity contribution in [1.29, 1.82) is 0 Å². The predicted molar refractivity (Wildman–Crippen MR) is 93.4 cm³/mol. The van der Waals surface area contributed by atoms with Crippen molar-refractivity contribution in [2.75, 3.05) is 6.67 Å². The Morgan fingerprint density at radius 2 is 1.24 bits per heavy atom. The van der Waals surface area contributed by atoms with Crippen LogP contribution in [0.2, 0.25) is 0 Å². The summed E-state index contributed by atoms with van der Waals surface area (Å²) in [5, 5.41) is 0. The maximum atomic E-state index is 3.52. The Hall–Kier alpha value is -1.26. The minimum absolute atomic E-state index is 0.930. The molecule has 2 nitrogen and oxygen atoms in total. The van der Waals surface area contributed by atoms with Gasteiger partial charge in [0.15, 0.2) is 0 Å². The standard InChI is InChI=1S/C17H16Br2N2/c18-16-5-1-3-14(9-16)11-20-7-8-21(13-20)12-15-4-2-6-17(19)10-15/h1-10H,11-13H2. The summed E-state index contributed by atoms with van der Waals surface area (Å²) in [5.41, 5.74) is 2.64. The Morgan fingerprint density at radius 3 is 1.67 bits per heavy atom. The lowest BCUT2D eigenvalue weighted by molar-refractivity contribution is 0.254. The lowest BCUT2D eigenvalue weighted by Gasteiger charge is -2.21. The van der Waals surface area contributed by atoms with Gasteiger partial charge in [0, 0.05) is 34.4 Å². The molecule has 108 valence electrons. The van der Waals surface area contributed by atoms with Gasteiger partial charge in [-0.1, -0.05) is 56.1 Å². The molecule has 3 rings (SSSR count). The second kappa shape index (κ2) is 6.67. The van der Waals surface area contributed by atoms with E-state index in [0.29, 0.717) is 0 Å². The monoisotopic (exact) mass is 406 g/mol. The van der Waals surface area contributed by atoms with E-state index < -0.39 is 0 Å². The molecule has 0 aromatic heterocycles. The maximum absolute atomic E-state index is 3.52. The van der Waals surface area contributed by atoms with Crippen molar-refractivity contribution in [3.05, 3.63) is 81.0 Å². The molecule has 0 radical (unpaired) electrons. The number of halogens is 2. The molecule has 0 N–H and O–H groups in total. The number of benzene rings is 2. The third kappa shape index (κ3) is 4.11. The average molecular weight is 408 g/mol. The molecule has 0 saturated carbocycles. The second-order valence-corrected chi connectivity index (χ2v) is 7.02. The van der Waals surface area contributed by atoms with Crippen LogP contribution in [-0.2, 0) is 13.1 Å². The summed E-state index contributed by atoms with van der Waals surface area (Å²) in [4.78, 5) is 4.64. The van der Waals surface area contributed by atoms with Crippen LogP contribution in [0.1, 0.15) is 11.1 Å². The van der Waals surface area contributed by atoms with Gasteiger partial charge in [-0.15, -0.1) is 0 Å². The Labute approximate surface area is 142 Å². The second-order valence-electron chi connectivity index (χ2n) is 5.19. The van der Waals surface area contributed by atoms with E-state index in [-0.39, 0.29) is 0 Å². The first kappa shape index (κ1) is 14.7. The first-order valence-electron chi connectivity index (χ1n) is 6.84. The molecule has 0 fully saturated rings. The zero-order valence-corrected chi connectivity index (χ0v) is 14.7. The van der Waals surface area contributed by atoms with Crippen molar-refractivity contribution in [3.63, 3.8) is 0 Å². The lowest BCUT2D eigenvalue weighted by Crippen LogP contribution is -2.24. The quantitative estimate of drug-likeness (QED) is 0.706. The summed E-state index contributed by atoms with van der Waals surface area (Å²) in [5.74, 6) is 0. The SMILES string of the molecule is Brc1cccc(CN2C=CN(Cc3cccc(Br)c3)C2)c1. The van der Waals surface area contributed by atoms with E-state index in [1.807, 2.05) is 0 Å². The molecule has 0 unspecified atom stereocenters. The summed E-state index contributed by atoms with van der Waals surface area (Å²) in [6.45, 7) is 2.80. The molecule has 2 aromatic carbocycles. The molecule has 0 amide bonds. The Balaban J connectivity index is 1.57. The van der Waals surface area contributed by atoms with Gasteiger partial charge in [-0.3, -0.25) is 0 Å². The highest BCUT2D eigenvalue weighted by Crippen LogP contribution is 2.19. The smallest absolute Gasteiger partial charge is 0.0900 e. The molecule has 0 saturated heterocycles. The number of hydrogen-bond acceptors (Lipinski definition) is 2. The van der Waals surface area contributed by atoms with Crippen molar-refractivity contribution in [3.8, 4) is 0 Å². The molecule has 4 heteroatoms. The Kier molecular flexibility index (Phi) is 4.66. The first-order chi connectivity index (χ1) is 10.2. The zero-order valence-electron chi connectivity index (χ0n) is 11.5. The number of rotatable bonds is 4. The maximum Gasteiger partial charge on any atom is 0.0900 e. The van der Waals surface area contributed by atoms with Crippen LogP contribution in [0.15, 0.2) is 69.9 Å². The molecule has 21 heavy (non-hydrogen) atoms. The Bertz CT molecular complexity index is 599. The van der Waals surface area contributed by atoms with Crippen LogP contribution in [0.25, 0.3) is 0 Å². The van der Waals surface area contributed by atoms with Crippen LogP contribution in [0.3, 0.4) is 0 Å². The molecule has 0 atom stereocenters. The van der Waals surface area contributed by atoms with E-state index in [0.717, 1.165) is 28.7 Å². The van der Waals surface area contributed by atoms with Crippen molar-refractivity contribution in [2.24, 2.45) is 0 Å². The van der Waals surface area contributed by atoms with E-state index >= 15 is 0 Å². The molecule has 0 bridgehead atoms. The summed E-state index contributed by atoms with van der Waals surface area (Å²) >= 11 is 7.05. The van der Waals surface area contributed by atoms with Gasteiger partial charge >= 0.3 is 0 Å². The molecular weight excluding hydrogens is 392 g/mol. The highest BCUT2D eigenvalue weighted by atomic mass is 79.9. The van der Waals surface area contributed by atoms with Crippen LogP contribution in [-0.4, -0.2) is 16.5 Å². The van der Waals surface area contributed by atoms with Crippen molar-refractivity contribution in [2.45, 2.75) is 13.1 Å². The normalized spacial score (nSPS) is 14.0. The van der Waals surface area contributed by atoms with Gasteiger partial charge < -0.3 is 9.80 Å². The van der Waals surface area contributed by atoms with Crippen LogP contribution in [0.4, 0.5) is 0 Å². The van der Waals surface area contributed by atoms with Crippen LogP contribution in [0, 0.1) is 0 Å². The minimum Gasteiger partial charge on any atom is -0.354 e. The van der Waals surface area contributed by atoms with Crippen LogP contribution in [0.5, 0.6) is 0 Å². The lowest BCUT2D eigenvalue weighted by atomic mass is 10.2. The average Bonchev–Trinajstić information content (AvgIpc) is 2.86. The fraction of sp³-hybridized carbons (Fsp3) is 0.176. The van der Waals surface area contributed by atoms with Crippen molar-refractivity contribution >= 4 is 31.9 Å². The summed E-state index contributed by atoms with van der Waals surface area (Å²) in [7, 11) is 0. The third-order valence-electron chi connectivity index (χ3n) is 3.40. The molecule has 1 heterocycles. The van der Waals surface area contributed by atoms with Gasteiger partial charge in [0.1, 0.15) is 0 Å². The fourth-order valence-electron chi connectivity index (χ4n) is 2.46. The van der Waals surface area contributed by atoms with Crippen molar-refractivity contribution in [1.82, 2.24) is 9.80 Å². The molecule has 1 aliphatic rings. The third-order valence-corrected chi connectivity index (χ3v) is 4.39.